The fourth-order valence-electron chi connectivity index (χ4n) is 6.63. The van der Waals surface area contributed by atoms with Gasteiger partial charge < -0.3 is 15.1 Å². The van der Waals surface area contributed by atoms with Crippen LogP contribution in [0.2, 0.25) is 0 Å². The molecule has 0 saturated heterocycles. The Morgan fingerprint density at radius 1 is 1.03 bits per heavy atom. The molecule has 4 aliphatic rings. The molecule has 2 aromatic rings. The molecule has 158 valence electrons. The number of rotatable bonds is 5. The van der Waals surface area contributed by atoms with Gasteiger partial charge in [0.1, 0.15) is 0 Å². The van der Waals surface area contributed by atoms with E-state index in [-0.39, 0.29) is 29.0 Å². The van der Waals surface area contributed by atoms with Crippen LogP contribution < -0.4 is 10.6 Å². The Morgan fingerprint density at radius 3 is 2.30 bits per heavy atom. The second-order valence-corrected chi connectivity index (χ2v) is 9.94. The van der Waals surface area contributed by atoms with Gasteiger partial charge in [0.25, 0.3) is 11.8 Å². The van der Waals surface area contributed by atoms with Crippen molar-refractivity contribution < 1.29 is 14.0 Å². The molecular formula is C25H30N2O3. The van der Waals surface area contributed by atoms with Gasteiger partial charge in [0.15, 0.2) is 5.76 Å². The van der Waals surface area contributed by atoms with Crippen LogP contribution in [-0.2, 0) is 0 Å². The minimum Gasteiger partial charge on any atom is -0.459 e. The van der Waals surface area contributed by atoms with Crippen molar-refractivity contribution in [1.82, 2.24) is 5.32 Å². The first-order valence-electron chi connectivity index (χ1n) is 11.2. The van der Waals surface area contributed by atoms with Crippen molar-refractivity contribution in [1.29, 1.82) is 0 Å². The Morgan fingerprint density at radius 2 is 1.70 bits per heavy atom. The average molecular weight is 407 g/mol. The molecule has 30 heavy (non-hydrogen) atoms. The number of carbonyl (C=O) groups excluding carboxylic acids is 2. The Kier molecular flexibility index (Phi) is 4.72. The molecule has 2 amide bonds. The highest BCUT2D eigenvalue weighted by Gasteiger charge is 2.53. The lowest BCUT2D eigenvalue weighted by Crippen LogP contribution is -2.55. The second kappa shape index (κ2) is 7.29. The van der Waals surface area contributed by atoms with Gasteiger partial charge in [-0.05, 0) is 105 Å². The van der Waals surface area contributed by atoms with Gasteiger partial charge in [0, 0.05) is 17.3 Å². The normalized spacial score (nSPS) is 30.1. The van der Waals surface area contributed by atoms with Crippen LogP contribution in [0.5, 0.6) is 0 Å². The van der Waals surface area contributed by atoms with Gasteiger partial charge in [-0.15, -0.1) is 0 Å². The first kappa shape index (κ1) is 19.4. The van der Waals surface area contributed by atoms with Crippen molar-refractivity contribution in [3.05, 3.63) is 53.5 Å². The summed E-state index contributed by atoms with van der Waals surface area (Å²) in [5, 5.41) is 6.17. The summed E-state index contributed by atoms with van der Waals surface area (Å²) in [6.45, 7) is 4.11. The Balaban J connectivity index is 1.30. The van der Waals surface area contributed by atoms with E-state index in [0.29, 0.717) is 11.3 Å². The molecule has 4 saturated carbocycles. The number of furan rings is 1. The Labute approximate surface area is 177 Å². The zero-order chi connectivity index (χ0) is 20.9. The van der Waals surface area contributed by atoms with Crippen LogP contribution >= 0.6 is 0 Å². The van der Waals surface area contributed by atoms with Crippen molar-refractivity contribution in [2.24, 2.45) is 23.2 Å². The number of nitrogens with one attached hydrogen (secondary N) is 2. The first-order chi connectivity index (χ1) is 14.4. The number of amides is 2. The predicted octanol–water partition coefficient (Wildman–Crippen LogP) is 5.18. The maximum Gasteiger partial charge on any atom is 0.291 e. The van der Waals surface area contributed by atoms with Crippen LogP contribution in [0.15, 0.2) is 41.0 Å². The second-order valence-electron chi connectivity index (χ2n) is 9.94. The Hall–Kier alpha value is -2.56. The molecule has 1 unspecified atom stereocenters. The van der Waals surface area contributed by atoms with Gasteiger partial charge in [-0.25, -0.2) is 0 Å². The minimum atomic E-state index is -0.317. The van der Waals surface area contributed by atoms with Crippen molar-refractivity contribution >= 4 is 17.5 Å². The summed E-state index contributed by atoms with van der Waals surface area (Å²) in [6.07, 6.45) is 9.46. The number of anilines is 1. The van der Waals surface area contributed by atoms with E-state index in [9.17, 15) is 9.59 Å². The summed E-state index contributed by atoms with van der Waals surface area (Å²) in [4.78, 5) is 25.4. The van der Waals surface area contributed by atoms with Crippen molar-refractivity contribution in [3.63, 3.8) is 0 Å². The van der Waals surface area contributed by atoms with Crippen LogP contribution in [0.1, 0.15) is 71.9 Å². The van der Waals surface area contributed by atoms with E-state index in [1.807, 2.05) is 19.1 Å². The van der Waals surface area contributed by atoms with Gasteiger partial charge in [-0.2, -0.15) is 0 Å². The maximum absolute atomic E-state index is 13.1. The van der Waals surface area contributed by atoms with Crippen LogP contribution in [0, 0.1) is 30.1 Å². The zero-order valence-corrected chi connectivity index (χ0v) is 17.7. The third-order valence-electron chi connectivity index (χ3n) is 7.84. The molecule has 2 N–H and O–H groups in total. The molecule has 1 aromatic carbocycles. The molecule has 1 aromatic heterocycles. The lowest BCUT2D eigenvalue weighted by molar-refractivity contribution is -0.0688. The molecule has 6 rings (SSSR count). The summed E-state index contributed by atoms with van der Waals surface area (Å²) < 4.78 is 5.16. The highest BCUT2D eigenvalue weighted by molar-refractivity contribution is 6.04. The fourth-order valence-corrected chi connectivity index (χ4v) is 6.63. The number of benzene rings is 1. The smallest absolute Gasteiger partial charge is 0.291 e. The fraction of sp³-hybridized carbons (Fsp3) is 0.520. The van der Waals surface area contributed by atoms with Gasteiger partial charge in [-0.3, -0.25) is 9.59 Å². The van der Waals surface area contributed by atoms with Crippen molar-refractivity contribution in [2.45, 2.75) is 58.4 Å². The van der Waals surface area contributed by atoms with Gasteiger partial charge in [0.05, 0.1) is 6.26 Å². The zero-order valence-electron chi connectivity index (χ0n) is 17.7. The number of aryl methyl sites for hydroxylation is 1. The van der Waals surface area contributed by atoms with Crippen LogP contribution in [0.3, 0.4) is 0 Å². The van der Waals surface area contributed by atoms with Gasteiger partial charge in [0.2, 0.25) is 0 Å². The molecule has 1 heterocycles. The molecule has 0 aliphatic heterocycles. The van der Waals surface area contributed by atoms with Crippen molar-refractivity contribution in [2.75, 3.05) is 5.32 Å². The molecule has 1 atom stereocenters. The minimum absolute atomic E-state index is 0.0632. The van der Waals surface area contributed by atoms with Crippen LogP contribution in [0.25, 0.3) is 0 Å². The van der Waals surface area contributed by atoms with E-state index in [2.05, 4.69) is 17.6 Å². The lowest BCUT2D eigenvalue weighted by Gasteiger charge is -2.59. The van der Waals surface area contributed by atoms with Crippen molar-refractivity contribution in [3.8, 4) is 0 Å². The van der Waals surface area contributed by atoms with Gasteiger partial charge in [-0.1, -0.05) is 6.07 Å². The van der Waals surface area contributed by atoms with E-state index >= 15 is 0 Å². The highest BCUT2D eigenvalue weighted by atomic mass is 16.3. The summed E-state index contributed by atoms with van der Waals surface area (Å²) >= 11 is 0. The maximum atomic E-state index is 13.1. The molecule has 0 spiro atoms. The van der Waals surface area contributed by atoms with Crippen LogP contribution in [0.4, 0.5) is 5.69 Å². The largest absolute Gasteiger partial charge is 0.459 e. The van der Waals surface area contributed by atoms with E-state index in [4.69, 9.17) is 4.42 Å². The summed E-state index contributed by atoms with van der Waals surface area (Å²) in [6, 6.07) is 8.94. The lowest BCUT2D eigenvalue weighted by atomic mass is 9.48. The first-order valence-corrected chi connectivity index (χ1v) is 11.2. The molecule has 5 heteroatoms. The SMILES string of the molecule is Cc1ccc(C(=O)NC(C)C23CC4CC(CC(C4)C2)C3)cc1NC(=O)c1ccco1. The third-order valence-corrected chi connectivity index (χ3v) is 7.84. The van der Waals surface area contributed by atoms with E-state index < -0.39 is 0 Å². The third kappa shape index (κ3) is 3.44. The molecule has 4 aliphatic carbocycles. The van der Waals surface area contributed by atoms with Crippen LogP contribution in [-0.4, -0.2) is 17.9 Å². The molecular weight excluding hydrogens is 376 g/mol. The average Bonchev–Trinajstić information content (AvgIpc) is 3.23. The topological polar surface area (TPSA) is 71.3 Å². The summed E-state index contributed by atoms with van der Waals surface area (Å²) in [7, 11) is 0. The summed E-state index contributed by atoms with van der Waals surface area (Å²) in [5.41, 5.74) is 2.38. The number of hydrogen-bond donors (Lipinski definition) is 2. The number of hydrogen-bond acceptors (Lipinski definition) is 3. The monoisotopic (exact) mass is 406 g/mol. The summed E-state index contributed by atoms with van der Waals surface area (Å²) in [5.74, 6) is 2.45. The van der Waals surface area contributed by atoms with E-state index in [1.165, 1.54) is 44.8 Å². The van der Waals surface area contributed by atoms with E-state index in [1.54, 1.807) is 18.2 Å². The highest BCUT2D eigenvalue weighted by Crippen LogP contribution is 2.61. The standard InChI is InChI=1S/C25H30N2O3/c1-15-5-6-20(11-21(15)27-24(29)22-4-3-7-30-22)23(28)26-16(2)25-12-17-8-18(13-25)10-19(9-17)14-25/h3-7,11,16-19H,8-10,12-14H2,1-2H3,(H,26,28)(H,27,29). The van der Waals surface area contributed by atoms with Gasteiger partial charge >= 0.3 is 0 Å². The molecule has 4 fully saturated rings. The molecule has 0 radical (unpaired) electrons. The Bertz CT molecular complexity index is 927. The quantitative estimate of drug-likeness (QED) is 0.719. The number of carbonyl (C=O) groups is 2. The van der Waals surface area contributed by atoms with E-state index in [0.717, 1.165) is 23.3 Å². The molecule has 5 nitrogen and oxygen atoms in total. The predicted molar refractivity (Wildman–Crippen MR) is 115 cm³/mol. The molecule has 4 bridgehead atoms.